The van der Waals surface area contributed by atoms with Crippen molar-refractivity contribution < 1.29 is 0 Å². The van der Waals surface area contributed by atoms with Crippen LogP contribution < -0.4 is 10.4 Å². The van der Waals surface area contributed by atoms with Crippen molar-refractivity contribution in [2.24, 2.45) is 4.99 Å². The van der Waals surface area contributed by atoms with Crippen LogP contribution in [0.15, 0.2) is 194 Å². The Labute approximate surface area is 343 Å². The minimum Gasteiger partial charge on any atom is -0.264 e. The lowest BCUT2D eigenvalue weighted by molar-refractivity contribution is 1.36. The molecule has 0 unspecified atom stereocenters. The van der Waals surface area contributed by atoms with Gasteiger partial charge in [-0.2, -0.15) is 0 Å². The summed E-state index contributed by atoms with van der Waals surface area (Å²) in [4.78, 5) is 9.69. The fraction of sp³-hybridized carbons (Fsp3) is 0.0714. The summed E-state index contributed by atoms with van der Waals surface area (Å²) in [6.07, 6.45) is 9.89. The smallest absolute Gasteiger partial charge is 0.0783 e. The Hall–Kier alpha value is -7.16. The van der Waals surface area contributed by atoms with E-state index < -0.39 is 0 Å². The van der Waals surface area contributed by atoms with Crippen LogP contribution in [0.3, 0.4) is 0 Å². The molecule has 0 saturated carbocycles. The van der Waals surface area contributed by atoms with Gasteiger partial charge in [0.1, 0.15) is 0 Å². The molecular weight excluding hydrogens is 701 g/mol. The van der Waals surface area contributed by atoms with Crippen molar-refractivity contribution in [2.75, 3.05) is 0 Å². The van der Waals surface area contributed by atoms with E-state index in [1.807, 2.05) is 57.4 Å². The van der Waals surface area contributed by atoms with E-state index in [-0.39, 0.29) is 0 Å². The standard InChI is InChI=1S/C54H42N2.C2H6/c1-5-12-41-23-27-47(31-39(41)6-2)50-33-49(34-51(35-50)48-28-24-45-29-30-55-36-52(45)32-48)44-21-25-46(26-22-44)54(53-16-11-10-13-37(53)3)56-38(4)40-17-19-43(20-18-40)42-14-8-7-9-15-42;1-2/h5-36H,2-3H2,1,4H3;1-2H3/b12-5-,54-53-,56-38?;. The van der Waals surface area contributed by atoms with E-state index in [0.29, 0.717) is 0 Å². The Morgan fingerprint density at radius 1 is 0.534 bits per heavy atom. The first-order valence-electron chi connectivity index (χ1n) is 20.0. The second-order valence-electron chi connectivity index (χ2n) is 14.0. The zero-order valence-corrected chi connectivity index (χ0v) is 33.8. The van der Waals surface area contributed by atoms with E-state index in [2.05, 4.69) is 183 Å². The number of aromatic nitrogens is 1. The van der Waals surface area contributed by atoms with Gasteiger partial charge in [-0.3, -0.25) is 9.98 Å². The van der Waals surface area contributed by atoms with E-state index in [9.17, 15) is 0 Å². The predicted molar refractivity (Wildman–Crippen MR) is 252 cm³/mol. The molecule has 0 atom stereocenters. The van der Waals surface area contributed by atoms with Crippen LogP contribution in [0.25, 0.3) is 79.7 Å². The Morgan fingerprint density at radius 3 is 1.78 bits per heavy atom. The van der Waals surface area contributed by atoms with Gasteiger partial charge in [0.25, 0.3) is 0 Å². The lowest BCUT2D eigenvalue weighted by atomic mass is 9.91. The van der Waals surface area contributed by atoms with Crippen LogP contribution in [-0.2, 0) is 0 Å². The van der Waals surface area contributed by atoms with Crippen LogP contribution in [0.1, 0.15) is 49.9 Å². The van der Waals surface area contributed by atoms with Crippen LogP contribution in [0, 0.1) is 0 Å². The monoisotopic (exact) mass is 748 g/mol. The molecule has 282 valence electrons. The molecule has 8 aromatic rings. The zero-order chi connectivity index (χ0) is 40.4. The minimum atomic E-state index is 0.893. The highest BCUT2D eigenvalue weighted by Gasteiger charge is 2.12. The van der Waals surface area contributed by atoms with Gasteiger partial charge in [0, 0.05) is 34.3 Å². The first-order chi connectivity index (χ1) is 28.5. The molecule has 0 aliphatic rings. The summed E-state index contributed by atoms with van der Waals surface area (Å²) in [5, 5.41) is 4.23. The molecule has 7 aromatic carbocycles. The molecule has 0 aliphatic heterocycles. The molecular formula is C56H48N2. The highest BCUT2D eigenvalue weighted by atomic mass is 14.8. The number of fused-ring (bicyclic) bond motifs is 1. The second kappa shape index (κ2) is 18.2. The van der Waals surface area contributed by atoms with Crippen LogP contribution in [0.2, 0.25) is 0 Å². The van der Waals surface area contributed by atoms with Gasteiger partial charge in [-0.1, -0.05) is 173 Å². The van der Waals surface area contributed by atoms with Crippen molar-refractivity contribution in [1.82, 2.24) is 4.98 Å². The summed E-state index contributed by atoms with van der Waals surface area (Å²) in [5.74, 6) is 0. The topological polar surface area (TPSA) is 25.2 Å². The van der Waals surface area contributed by atoms with Crippen LogP contribution in [0.4, 0.5) is 0 Å². The molecule has 0 bridgehead atoms. The Morgan fingerprint density at radius 2 is 1.10 bits per heavy atom. The second-order valence-corrected chi connectivity index (χ2v) is 14.0. The van der Waals surface area contributed by atoms with Gasteiger partial charge >= 0.3 is 0 Å². The van der Waals surface area contributed by atoms with Gasteiger partial charge in [-0.25, -0.2) is 0 Å². The van der Waals surface area contributed by atoms with Gasteiger partial charge in [0.15, 0.2) is 0 Å². The largest absolute Gasteiger partial charge is 0.264 e. The maximum absolute atomic E-state index is 5.30. The van der Waals surface area contributed by atoms with Crippen molar-refractivity contribution >= 4 is 40.9 Å². The van der Waals surface area contributed by atoms with Crippen molar-refractivity contribution in [3.05, 3.63) is 222 Å². The zero-order valence-electron chi connectivity index (χ0n) is 33.8. The lowest BCUT2D eigenvalue weighted by Crippen LogP contribution is -2.25. The van der Waals surface area contributed by atoms with Crippen molar-refractivity contribution in [3.63, 3.8) is 0 Å². The summed E-state index contributed by atoms with van der Waals surface area (Å²) >= 11 is 0. The molecule has 8 rings (SSSR count). The molecule has 1 aromatic heterocycles. The van der Waals surface area contributed by atoms with E-state index >= 15 is 0 Å². The number of pyridine rings is 1. The molecule has 0 radical (unpaired) electrons. The summed E-state index contributed by atoms with van der Waals surface area (Å²) in [6, 6.07) is 58.2. The van der Waals surface area contributed by atoms with E-state index in [1.165, 1.54) is 16.5 Å². The van der Waals surface area contributed by atoms with Gasteiger partial charge in [-0.05, 0) is 122 Å². The molecule has 0 spiro atoms. The highest BCUT2D eigenvalue weighted by Crippen LogP contribution is 2.35. The number of nitrogens with zero attached hydrogens (tertiary/aromatic N) is 2. The Kier molecular flexibility index (Phi) is 12.3. The molecule has 0 amide bonds. The van der Waals surface area contributed by atoms with E-state index in [0.717, 1.165) is 82.9 Å². The van der Waals surface area contributed by atoms with Gasteiger partial charge in [0.05, 0.1) is 5.70 Å². The van der Waals surface area contributed by atoms with E-state index in [1.54, 1.807) is 0 Å². The third-order valence-electron chi connectivity index (χ3n) is 10.3. The highest BCUT2D eigenvalue weighted by molar-refractivity contribution is 6.02. The molecule has 0 aliphatic carbocycles. The predicted octanol–water partition coefficient (Wildman–Crippen LogP) is 13.7. The van der Waals surface area contributed by atoms with Crippen LogP contribution >= 0.6 is 0 Å². The van der Waals surface area contributed by atoms with Gasteiger partial charge in [-0.15, -0.1) is 0 Å². The third kappa shape index (κ3) is 8.63. The van der Waals surface area contributed by atoms with E-state index in [4.69, 9.17) is 4.99 Å². The quantitative estimate of drug-likeness (QED) is 0.135. The third-order valence-corrected chi connectivity index (χ3v) is 10.3. The number of hydrogen-bond donors (Lipinski definition) is 0. The number of benzene rings is 7. The fourth-order valence-corrected chi connectivity index (χ4v) is 7.27. The molecule has 2 nitrogen and oxygen atoms in total. The maximum atomic E-state index is 5.30. The SMILES string of the molecule is C=Cc1cc(-c2cc(-c3ccc(/C(N=C(C)c4ccc(-c5ccccc5)cc4)=c4\ccccc4=C)cc3)cc(-c3ccc4ccncc4c3)c2)ccc1/C=C\C.CC. The summed E-state index contributed by atoms with van der Waals surface area (Å²) in [5.41, 5.74) is 15.4. The fourth-order valence-electron chi connectivity index (χ4n) is 7.27. The summed E-state index contributed by atoms with van der Waals surface area (Å²) in [6.45, 7) is 16.6. The molecule has 2 heteroatoms. The first-order valence-corrected chi connectivity index (χ1v) is 20.0. The molecule has 1 heterocycles. The normalized spacial score (nSPS) is 11.9. The Bertz CT molecular complexity index is 2880. The molecule has 0 saturated heterocycles. The number of allylic oxidation sites excluding steroid dienone is 1. The average Bonchev–Trinajstić information content (AvgIpc) is 3.29. The van der Waals surface area contributed by atoms with Crippen LogP contribution in [0.5, 0.6) is 0 Å². The summed E-state index contributed by atoms with van der Waals surface area (Å²) in [7, 11) is 0. The average molecular weight is 749 g/mol. The molecule has 58 heavy (non-hydrogen) atoms. The summed E-state index contributed by atoms with van der Waals surface area (Å²) < 4.78 is 0. The number of hydrogen-bond acceptors (Lipinski definition) is 2. The molecule has 0 fully saturated rings. The van der Waals surface area contributed by atoms with Crippen molar-refractivity contribution in [3.8, 4) is 44.5 Å². The van der Waals surface area contributed by atoms with Crippen LogP contribution in [-0.4, -0.2) is 10.7 Å². The van der Waals surface area contributed by atoms with Gasteiger partial charge < -0.3 is 0 Å². The Balaban J connectivity index is 0.00000252. The first kappa shape index (κ1) is 39.1. The van der Waals surface area contributed by atoms with Crippen molar-refractivity contribution in [1.29, 1.82) is 0 Å². The van der Waals surface area contributed by atoms with Crippen molar-refractivity contribution in [2.45, 2.75) is 27.7 Å². The molecule has 0 N–H and O–H groups in total. The maximum Gasteiger partial charge on any atom is 0.0783 e. The number of rotatable bonds is 9. The lowest BCUT2D eigenvalue weighted by Gasteiger charge is -2.14. The van der Waals surface area contributed by atoms with Gasteiger partial charge in [0.2, 0.25) is 0 Å². The minimum absolute atomic E-state index is 0.893. The number of aliphatic imine (C=N–C) groups is 1.